The molecular weight excluding hydrogens is 524 g/mol. The molecule has 0 aromatic carbocycles. The summed E-state index contributed by atoms with van der Waals surface area (Å²) in [4.78, 5) is 28.4. The molecule has 3 rings (SSSR count). The first-order chi connectivity index (χ1) is 17.3. The number of halogens is 1. The number of hydrogen-bond donors (Lipinski definition) is 4. The normalized spacial score (nSPS) is 38.2. The molecule has 10 nitrogen and oxygen atoms in total. The number of allylic oxidation sites excluding steroid dienone is 1. The van der Waals surface area contributed by atoms with Crippen molar-refractivity contribution in [3.8, 4) is 0 Å². The molecule has 37 heavy (non-hydrogen) atoms. The van der Waals surface area contributed by atoms with E-state index in [1.165, 1.54) is 16.7 Å². The number of likely N-dealkylation sites (tertiary alicyclic amines) is 1. The number of alkyl halides is 1. The Kier molecular flexibility index (Phi) is 10.2. The first-order valence-corrected chi connectivity index (χ1v) is 14.4. The number of hydrogen-bond acceptors (Lipinski definition) is 9. The minimum absolute atomic E-state index is 0.102. The number of nitrogens with one attached hydrogen (secondary N) is 1. The Bertz CT molecular complexity index is 825. The van der Waals surface area contributed by atoms with Gasteiger partial charge in [-0.3, -0.25) is 9.69 Å². The highest BCUT2D eigenvalue weighted by Gasteiger charge is 2.53. The monoisotopic (exact) mass is 564 g/mol. The molecule has 2 amide bonds. The average molecular weight is 565 g/mol. The lowest BCUT2D eigenvalue weighted by atomic mass is 9.89. The molecule has 0 radical (unpaired) electrons. The fourth-order valence-corrected chi connectivity index (χ4v) is 6.18. The fourth-order valence-electron chi connectivity index (χ4n) is 5.29. The molecule has 0 aromatic rings. The Morgan fingerprint density at radius 1 is 1.24 bits per heavy atom. The molecule has 3 saturated heterocycles. The summed E-state index contributed by atoms with van der Waals surface area (Å²) in [6, 6.07) is -1.93. The molecule has 0 spiro atoms. The maximum atomic E-state index is 13.8. The van der Waals surface area contributed by atoms with Gasteiger partial charge in [-0.05, 0) is 52.7 Å². The number of aliphatic hydroxyl groups is 3. The van der Waals surface area contributed by atoms with Crippen molar-refractivity contribution in [2.45, 2.75) is 99.6 Å². The van der Waals surface area contributed by atoms with Crippen LogP contribution in [0.1, 0.15) is 40.5 Å². The van der Waals surface area contributed by atoms with E-state index in [-0.39, 0.29) is 18.4 Å². The van der Waals surface area contributed by atoms with Crippen LogP contribution in [0.4, 0.5) is 4.79 Å². The third-order valence-corrected chi connectivity index (χ3v) is 8.30. The zero-order valence-corrected chi connectivity index (χ0v) is 23.7. The van der Waals surface area contributed by atoms with E-state index in [1.54, 1.807) is 34.0 Å². The third-order valence-electron chi connectivity index (χ3n) is 7.17. The van der Waals surface area contributed by atoms with E-state index in [1.807, 2.05) is 6.08 Å². The molecule has 3 fully saturated rings. The van der Waals surface area contributed by atoms with Gasteiger partial charge in [0, 0.05) is 19.1 Å². The van der Waals surface area contributed by atoms with Gasteiger partial charge >= 0.3 is 6.09 Å². The number of ether oxygens (including phenoxy) is 3. The lowest BCUT2D eigenvalue weighted by Crippen LogP contribution is -2.65. The summed E-state index contributed by atoms with van der Waals surface area (Å²) >= 11 is 7.62. The highest BCUT2D eigenvalue weighted by Crippen LogP contribution is 2.37. The molecule has 4 N–H and O–H groups in total. The number of carbonyl (C=O) groups excluding carboxylic acids is 2. The van der Waals surface area contributed by atoms with Gasteiger partial charge in [-0.25, -0.2) is 4.79 Å². The van der Waals surface area contributed by atoms with Gasteiger partial charge < -0.3 is 34.8 Å². The number of aliphatic hydroxyl groups excluding tert-OH is 3. The Hall–Kier alpha value is -1.08. The van der Waals surface area contributed by atoms with Crippen molar-refractivity contribution in [2.24, 2.45) is 11.8 Å². The summed E-state index contributed by atoms with van der Waals surface area (Å²) in [7, 11) is 0. The van der Waals surface area contributed by atoms with Gasteiger partial charge in [-0.15, -0.1) is 29.9 Å². The largest absolute Gasteiger partial charge is 0.444 e. The van der Waals surface area contributed by atoms with E-state index in [2.05, 4.69) is 11.9 Å². The summed E-state index contributed by atoms with van der Waals surface area (Å²) in [5.41, 5.74) is -1.59. The van der Waals surface area contributed by atoms with Crippen molar-refractivity contribution in [1.29, 1.82) is 0 Å². The van der Waals surface area contributed by atoms with Crippen LogP contribution in [-0.2, 0) is 19.0 Å². The smallest absolute Gasteiger partial charge is 0.411 e. The Balaban J connectivity index is 1.88. The molecular formula is C25H41ClN2O8S. The van der Waals surface area contributed by atoms with Crippen molar-refractivity contribution in [1.82, 2.24) is 10.2 Å². The Labute approximate surface area is 228 Å². The van der Waals surface area contributed by atoms with Crippen molar-refractivity contribution in [3.05, 3.63) is 12.7 Å². The number of rotatable bonds is 6. The minimum Gasteiger partial charge on any atom is -0.444 e. The number of nitrogens with zero attached hydrogens (tertiary/aromatic N) is 1. The predicted octanol–water partition coefficient (Wildman–Crippen LogP) is 1.49. The number of amides is 2. The minimum atomic E-state index is -1.49. The van der Waals surface area contributed by atoms with Crippen LogP contribution in [0, 0.1) is 11.8 Å². The van der Waals surface area contributed by atoms with Gasteiger partial charge in [0.15, 0.2) is 0 Å². The van der Waals surface area contributed by atoms with Crippen LogP contribution in [0.25, 0.3) is 0 Å². The summed E-state index contributed by atoms with van der Waals surface area (Å²) in [5.74, 6) is -0.421. The molecule has 0 aromatic heterocycles. The van der Waals surface area contributed by atoms with Crippen molar-refractivity contribution in [3.63, 3.8) is 0 Å². The molecule has 0 saturated carbocycles. The molecule has 12 heteroatoms. The summed E-state index contributed by atoms with van der Waals surface area (Å²) < 4.78 is 17.6. The van der Waals surface area contributed by atoms with Gasteiger partial charge in [-0.1, -0.05) is 6.08 Å². The lowest BCUT2D eigenvalue weighted by molar-refractivity contribution is -0.205. The molecule has 11 atom stereocenters. The standard InChI is InChI=1S/C25H41ClN2O8S/c1-7-13-8-9-34-20-14(10-13)11-28(24(33)36-25(3,4)5)16(20)22(32)27-15(12(2)26)21-18(30)17(29)19(31)23(35-21)37-6/h7,12-21,23,29-31H,1,8-11H2,2-6H3,(H,27,32)/t12-,13+,14-,15+,16-,17?,18?,19+,20+,21+,23?/m0/s1. The highest BCUT2D eigenvalue weighted by atomic mass is 35.5. The lowest BCUT2D eigenvalue weighted by Gasteiger charge is -2.44. The number of carbonyl (C=O) groups is 2. The van der Waals surface area contributed by atoms with Crippen LogP contribution in [0.15, 0.2) is 12.7 Å². The average Bonchev–Trinajstić information content (AvgIpc) is 3.05. The van der Waals surface area contributed by atoms with Gasteiger partial charge in [0.1, 0.15) is 41.5 Å². The molecule has 0 aliphatic carbocycles. The SMILES string of the molecule is C=C[C@@H]1CCO[C@@H]2[C@@H](C1)CN(C(=O)OC(C)(C)C)[C@@H]2C(=O)N[C@H]([C@H](C)Cl)[C@H]1OC(SC)[C@H](O)C(O)C1O. The van der Waals surface area contributed by atoms with Crippen molar-refractivity contribution >= 4 is 35.4 Å². The Morgan fingerprint density at radius 3 is 2.49 bits per heavy atom. The summed E-state index contributed by atoms with van der Waals surface area (Å²) in [6.45, 7) is 11.5. The predicted molar refractivity (Wildman–Crippen MR) is 140 cm³/mol. The van der Waals surface area contributed by atoms with Crippen LogP contribution in [-0.4, -0.2) is 111 Å². The van der Waals surface area contributed by atoms with E-state index < -0.39 is 71.0 Å². The highest BCUT2D eigenvalue weighted by molar-refractivity contribution is 7.99. The van der Waals surface area contributed by atoms with Gasteiger partial charge in [0.25, 0.3) is 0 Å². The zero-order chi connectivity index (χ0) is 27.7. The van der Waals surface area contributed by atoms with Gasteiger partial charge in [-0.2, -0.15) is 0 Å². The number of fused-ring (bicyclic) bond motifs is 1. The second-order valence-electron chi connectivity index (χ2n) is 11.1. The molecule has 0 bridgehead atoms. The Morgan fingerprint density at radius 2 is 1.92 bits per heavy atom. The molecule has 3 aliphatic heterocycles. The molecule has 3 aliphatic rings. The van der Waals surface area contributed by atoms with E-state index in [0.717, 1.165) is 12.8 Å². The molecule has 3 unspecified atom stereocenters. The van der Waals surface area contributed by atoms with Crippen molar-refractivity contribution in [2.75, 3.05) is 19.4 Å². The van der Waals surface area contributed by atoms with Crippen LogP contribution >= 0.6 is 23.4 Å². The van der Waals surface area contributed by atoms with Crippen LogP contribution in [0.2, 0.25) is 0 Å². The van der Waals surface area contributed by atoms with Gasteiger partial charge in [0.05, 0.1) is 17.5 Å². The zero-order valence-electron chi connectivity index (χ0n) is 22.1. The molecule has 3 heterocycles. The summed E-state index contributed by atoms with van der Waals surface area (Å²) in [5, 5.41) is 33.5. The fraction of sp³-hybridized carbons (Fsp3) is 0.840. The van der Waals surface area contributed by atoms with E-state index in [4.69, 9.17) is 25.8 Å². The number of thioether (sulfide) groups is 1. The van der Waals surface area contributed by atoms with Crippen LogP contribution < -0.4 is 5.32 Å². The van der Waals surface area contributed by atoms with Crippen molar-refractivity contribution < 1.29 is 39.1 Å². The maximum Gasteiger partial charge on any atom is 0.411 e. The summed E-state index contributed by atoms with van der Waals surface area (Å²) in [6.07, 6.45) is -1.49. The second-order valence-corrected chi connectivity index (χ2v) is 12.7. The first-order valence-electron chi connectivity index (χ1n) is 12.7. The first kappa shape index (κ1) is 30.5. The topological polar surface area (TPSA) is 138 Å². The van der Waals surface area contributed by atoms with E-state index in [0.29, 0.717) is 6.61 Å². The van der Waals surface area contributed by atoms with Gasteiger partial charge in [0.2, 0.25) is 5.91 Å². The quantitative estimate of drug-likeness (QED) is 0.279. The second kappa shape index (κ2) is 12.4. The molecule has 212 valence electrons. The van der Waals surface area contributed by atoms with E-state index >= 15 is 0 Å². The van der Waals surface area contributed by atoms with E-state index in [9.17, 15) is 24.9 Å². The third kappa shape index (κ3) is 6.93. The van der Waals surface area contributed by atoms with Crippen LogP contribution in [0.3, 0.4) is 0 Å². The maximum absolute atomic E-state index is 13.8. The van der Waals surface area contributed by atoms with Crippen LogP contribution in [0.5, 0.6) is 0 Å².